The van der Waals surface area contributed by atoms with Crippen molar-refractivity contribution < 1.29 is 27.1 Å². The lowest BCUT2D eigenvalue weighted by Gasteiger charge is -2.25. The number of nitrogens with one attached hydrogen (secondary N) is 1. The number of alkyl halides is 2. The predicted octanol–water partition coefficient (Wildman–Crippen LogP) is 3.99. The van der Waals surface area contributed by atoms with E-state index in [9.17, 15) is 27.1 Å². The molecule has 0 fully saturated rings. The molecule has 0 aliphatic rings. The van der Waals surface area contributed by atoms with Crippen LogP contribution in [-0.2, 0) is 15.4 Å². The average Bonchev–Trinajstić information content (AvgIpc) is 2.78. The molecule has 0 bridgehead atoms. The van der Waals surface area contributed by atoms with Gasteiger partial charge in [0.15, 0.2) is 0 Å². The zero-order valence-corrected chi connectivity index (χ0v) is 17.4. The molecule has 5 nitrogen and oxygen atoms in total. The van der Waals surface area contributed by atoms with Gasteiger partial charge in [0.1, 0.15) is 5.60 Å². The molecule has 1 atom stereocenters. The van der Waals surface area contributed by atoms with Crippen LogP contribution in [-0.4, -0.2) is 31.7 Å². The largest absolute Gasteiger partial charge is 0.384 e. The maximum Gasteiger partial charge on any atom is 0.341 e. The zero-order valence-electron chi connectivity index (χ0n) is 16.6. The summed E-state index contributed by atoms with van der Waals surface area (Å²) >= 11 is 0. The van der Waals surface area contributed by atoms with E-state index in [1.54, 1.807) is 12.1 Å². The van der Waals surface area contributed by atoms with Crippen molar-refractivity contribution in [1.82, 2.24) is 5.32 Å². The van der Waals surface area contributed by atoms with Crippen LogP contribution in [0.15, 0.2) is 83.8 Å². The van der Waals surface area contributed by atoms with E-state index in [2.05, 4.69) is 5.32 Å². The Labute approximate surface area is 179 Å². The Morgan fingerprint density at radius 2 is 1.48 bits per heavy atom. The lowest BCUT2D eigenvalue weighted by Crippen LogP contribution is -2.39. The highest BCUT2D eigenvalue weighted by molar-refractivity contribution is 7.91. The van der Waals surface area contributed by atoms with Gasteiger partial charge in [-0.1, -0.05) is 66.7 Å². The van der Waals surface area contributed by atoms with Gasteiger partial charge in [0.25, 0.3) is 5.91 Å². The van der Waals surface area contributed by atoms with Gasteiger partial charge in [-0.3, -0.25) is 4.79 Å². The highest BCUT2D eigenvalue weighted by atomic mass is 32.2. The first kappa shape index (κ1) is 22.6. The molecule has 0 saturated carbocycles. The molecule has 2 N–H and O–H groups in total. The van der Waals surface area contributed by atoms with Gasteiger partial charge in [-0.25, -0.2) is 8.42 Å². The Morgan fingerprint density at radius 3 is 2.10 bits per heavy atom. The van der Waals surface area contributed by atoms with Crippen molar-refractivity contribution in [1.29, 1.82) is 0 Å². The number of sulfone groups is 1. The van der Waals surface area contributed by atoms with Gasteiger partial charge >= 0.3 is 5.76 Å². The standard InChI is InChI=1S/C23H21F2NO4S/c1-23(28,18-13-11-17(12-14-18)16-7-3-2-4-8-16)15-26-21(27)19-9-5-6-10-20(19)31(29,30)22(24)25/h2-14,22,28H,15H2,1H3,(H,26,27). The third-order valence-corrected chi connectivity index (χ3v) is 6.32. The van der Waals surface area contributed by atoms with E-state index in [1.165, 1.54) is 19.1 Å². The number of hydrogen-bond donors (Lipinski definition) is 2. The molecule has 0 aromatic heterocycles. The first-order valence-electron chi connectivity index (χ1n) is 9.40. The maximum absolute atomic E-state index is 12.9. The summed E-state index contributed by atoms with van der Waals surface area (Å²) in [6.45, 7) is 1.24. The van der Waals surface area contributed by atoms with Crippen molar-refractivity contribution in [2.45, 2.75) is 23.2 Å². The second-order valence-electron chi connectivity index (χ2n) is 7.20. The molecule has 3 aromatic carbocycles. The Kier molecular flexibility index (Phi) is 6.52. The van der Waals surface area contributed by atoms with E-state index in [0.29, 0.717) is 5.56 Å². The lowest BCUT2D eigenvalue weighted by atomic mass is 9.93. The highest BCUT2D eigenvalue weighted by Crippen LogP contribution is 2.26. The van der Waals surface area contributed by atoms with Crippen LogP contribution in [0.3, 0.4) is 0 Å². The van der Waals surface area contributed by atoms with Crippen molar-refractivity contribution in [3.8, 4) is 11.1 Å². The first-order chi connectivity index (χ1) is 14.6. The number of amides is 1. The smallest absolute Gasteiger partial charge is 0.341 e. The van der Waals surface area contributed by atoms with E-state index >= 15 is 0 Å². The Balaban J connectivity index is 1.76. The lowest BCUT2D eigenvalue weighted by molar-refractivity contribution is 0.0525. The monoisotopic (exact) mass is 445 g/mol. The summed E-state index contributed by atoms with van der Waals surface area (Å²) in [4.78, 5) is 11.8. The minimum Gasteiger partial charge on any atom is -0.384 e. The van der Waals surface area contributed by atoms with E-state index in [1.807, 2.05) is 42.5 Å². The van der Waals surface area contributed by atoms with Gasteiger partial charge in [-0.05, 0) is 35.7 Å². The molecule has 0 aliphatic carbocycles. The summed E-state index contributed by atoms with van der Waals surface area (Å²) in [6.07, 6.45) is 0. The van der Waals surface area contributed by atoms with Crippen LogP contribution in [0.2, 0.25) is 0 Å². The van der Waals surface area contributed by atoms with E-state index < -0.39 is 37.6 Å². The van der Waals surface area contributed by atoms with Crippen LogP contribution < -0.4 is 5.32 Å². The second-order valence-corrected chi connectivity index (χ2v) is 9.09. The molecule has 1 unspecified atom stereocenters. The van der Waals surface area contributed by atoms with Crippen LogP contribution in [0.25, 0.3) is 11.1 Å². The van der Waals surface area contributed by atoms with Crippen molar-refractivity contribution >= 4 is 15.7 Å². The molecule has 0 aliphatic heterocycles. The van der Waals surface area contributed by atoms with E-state index in [4.69, 9.17) is 0 Å². The molecule has 8 heteroatoms. The maximum atomic E-state index is 12.9. The molecule has 0 heterocycles. The van der Waals surface area contributed by atoms with Crippen LogP contribution >= 0.6 is 0 Å². The third-order valence-electron chi connectivity index (χ3n) is 4.88. The summed E-state index contributed by atoms with van der Waals surface area (Å²) in [5.74, 6) is -4.52. The molecule has 0 saturated heterocycles. The molecule has 3 rings (SSSR count). The molecular weight excluding hydrogens is 424 g/mol. The SMILES string of the molecule is CC(O)(CNC(=O)c1ccccc1S(=O)(=O)C(F)F)c1ccc(-c2ccccc2)cc1. The molecule has 162 valence electrons. The molecule has 3 aromatic rings. The minimum atomic E-state index is -4.95. The zero-order chi connectivity index (χ0) is 22.6. The van der Waals surface area contributed by atoms with Gasteiger partial charge in [0.05, 0.1) is 17.0 Å². The fourth-order valence-corrected chi connectivity index (χ4v) is 4.03. The number of halogens is 2. The Bertz CT molecular complexity index is 1160. The van der Waals surface area contributed by atoms with Gasteiger partial charge in [-0.15, -0.1) is 0 Å². The predicted molar refractivity (Wildman–Crippen MR) is 113 cm³/mol. The van der Waals surface area contributed by atoms with Gasteiger partial charge in [0.2, 0.25) is 9.84 Å². The van der Waals surface area contributed by atoms with Crippen LogP contribution in [0.4, 0.5) is 8.78 Å². The minimum absolute atomic E-state index is 0.250. The summed E-state index contributed by atoms with van der Waals surface area (Å²) in [6, 6.07) is 21.5. The molecule has 0 radical (unpaired) electrons. The van der Waals surface area contributed by atoms with E-state index in [-0.39, 0.29) is 6.54 Å². The molecule has 0 spiro atoms. The quantitative estimate of drug-likeness (QED) is 0.576. The molecular formula is C23H21F2NO4S. The summed E-state index contributed by atoms with van der Waals surface area (Å²) in [5, 5.41) is 13.2. The van der Waals surface area contributed by atoms with Crippen molar-refractivity contribution in [2.75, 3.05) is 6.54 Å². The topological polar surface area (TPSA) is 83.5 Å². The van der Waals surface area contributed by atoms with Gasteiger partial charge < -0.3 is 10.4 Å². The number of benzene rings is 3. The number of carbonyl (C=O) groups is 1. The normalized spacial score (nSPS) is 13.6. The third kappa shape index (κ3) is 4.98. The summed E-state index contributed by atoms with van der Waals surface area (Å²) in [5.41, 5.74) is 0.620. The fourth-order valence-electron chi connectivity index (χ4n) is 3.10. The Morgan fingerprint density at radius 1 is 0.935 bits per heavy atom. The van der Waals surface area contributed by atoms with Crippen LogP contribution in [0.1, 0.15) is 22.8 Å². The summed E-state index contributed by atoms with van der Waals surface area (Å²) in [7, 11) is -4.95. The number of carbonyl (C=O) groups excluding carboxylic acids is 1. The highest BCUT2D eigenvalue weighted by Gasteiger charge is 2.31. The second kappa shape index (κ2) is 8.95. The van der Waals surface area contributed by atoms with Crippen molar-refractivity contribution in [3.05, 3.63) is 90.0 Å². The van der Waals surface area contributed by atoms with Crippen LogP contribution in [0, 0.1) is 0 Å². The molecule has 31 heavy (non-hydrogen) atoms. The average molecular weight is 445 g/mol. The number of rotatable bonds is 7. The summed E-state index contributed by atoms with van der Waals surface area (Å²) < 4.78 is 49.6. The van der Waals surface area contributed by atoms with E-state index in [0.717, 1.165) is 23.3 Å². The number of aliphatic hydroxyl groups is 1. The van der Waals surface area contributed by atoms with Crippen molar-refractivity contribution in [2.24, 2.45) is 0 Å². The number of hydrogen-bond acceptors (Lipinski definition) is 4. The first-order valence-corrected chi connectivity index (χ1v) is 11.0. The molecule has 1 amide bonds. The Hall–Kier alpha value is -3.10. The van der Waals surface area contributed by atoms with Gasteiger partial charge in [0, 0.05) is 0 Å². The fraction of sp³-hybridized carbons (Fsp3) is 0.174. The van der Waals surface area contributed by atoms with Crippen molar-refractivity contribution in [3.63, 3.8) is 0 Å². The van der Waals surface area contributed by atoms with Gasteiger partial charge in [-0.2, -0.15) is 8.78 Å². The van der Waals surface area contributed by atoms with Crippen LogP contribution in [0.5, 0.6) is 0 Å².